The van der Waals surface area contributed by atoms with Crippen LogP contribution < -0.4 is 10.6 Å². The number of nitrogens with one attached hydrogen (secondary N) is 2. The molecule has 0 atom stereocenters. The van der Waals surface area contributed by atoms with Crippen molar-refractivity contribution in [3.05, 3.63) is 34.9 Å². The van der Waals surface area contributed by atoms with Gasteiger partial charge in [-0.2, -0.15) is 0 Å². The minimum Gasteiger partial charge on any atom is -0.338 e. The molecular formula is C14H21ClN2O. The molecule has 0 aliphatic rings. The van der Waals surface area contributed by atoms with Crippen LogP contribution in [0.15, 0.2) is 24.3 Å². The summed E-state index contributed by atoms with van der Waals surface area (Å²) in [5.74, 6) is 0. The number of urea groups is 1. The predicted molar refractivity (Wildman–Crippen MR) is 76.1 cm³/mol. The van der Waals surface area contributed by atoms with E-state index < -0.39 is 0 Å². The van der Waals surface area contributed by atoms with Gasteiger partial charge in [-0.05, 0) is 43.4 Å². The standard InChI is InChI=1S/C14H21ClN2O/c1-2-9-16-14(18)17-10-4-3-6-12-7-5-8-13(15)11-12/h5,7-8,11H,2-4,6,9-10H2,1H3,(H2,16,17,18). The molecule has 0 aliphatic heterocycles. The summed E-state index contributed by atoms with van der Waals surface area (Å²) in [6, 6.07) is 7.84. The van der Waals surface area contributed by atoms with Crippen molar-refractivity contribution in [2.45, 2.75) is 32.6 Å². The molecule has 0 unspecified atom stereocenters. The van der Waals surface area contributed by atoms with E-state index in [2.05, 4.69) is 16.7 Å². The van der Waals surface area contributed by atoms with Gasteiger partial charge in [0.05, 0.1) is 0 Å². The first-order valence-electron chi connectivity index (χ1n) is 6.48. The van der Waals surface area contributed by atoms with Gasteiger partial charge in [-0.15, -0.1) is 0 Å². The van der Waals surface area contributed by atoms with E-state index >= 15 is 0 Å². The number of halogens is 1. The zero-order valence-corrected chi connectivity index (χ0v) is 11.6. The van der Waals surface area contributed by atoms with Crippen molar-refractivity contribution in [3.8, 4) is 0 Å². The number of hydrogen-bond donors (Lipinski definition) is 2. The van der Waals surface area contributed by atoms with Crippen molar-refractivity contribution in [3.63, 3.8) is 0 Å². The normalized spacial score (nSPS) is 10.1. The Morgan fingerprint density at radius 1 is 1.22 bits per heavy atom. The van der Waals surface area contributed by atoms with E-state index in [1.165, 1.54) is 5.56 Å². The van der Waals surface area contributed by atoms with E-state index in [4.69, 9.17) is 11.6 Å². The van der Waals surface area contributed by atoms with Crippen molar-refractivity contribution in [2.24, 2.45) is 0 Å². The van der Waals surface area contributed by atoms with E-state index in [0.717, 1.165) is 43.8 Å². The molecule has 0 saturated heterocycles. The van der Waals surface area contributed by atoms with Crippen LogP contribution in [0.3, 0.4) is 0 Å². The van der Waals surface area contributed by atoms with Gasteiger partial charge in [0.2, 0.25) is 0 Å². The summed E-state index contributed by atoms with van der Waals surface area (Å²) in [7, 11) is 0. The molecule has 0 radical (unpaired) electrons. The molecule has 2 N–H and O–H groups in total. The van der Waals surface area contributed by atoms with Crippen LogP contribution >= 0.6 is 11.6 Å². The molecule has 0 saturated carbocycles. The summed E-state index contributed by atoms with van der Waals surface area (Å²) in [4.78, 5) is 11.2. The lowest BCUT2D eigenvalue weighted by Crippen LogP contribution is -2.36. The smallest absolute Gasteiger partial charge is 0.314 e. The molecule has 4 heteroatoms. The lowest BCUT2D eigenvalue weighted by atomic mass is 10.1. The second kappa shape index (κ2) is 8.81. The van der Waals surface area contributed by atoms with Gasteiger partial charge in [-0.1, -0.05) is 30.7 Å². The van der Waals surface area contributed by atoms with Gasteiger partial charge < -0.3 is 10.6 Å². The third-order valence-corrected chi connectivity index (χ3v) is 2.84. The van der Waals surface area contributed by atoms with Gasteiger partial charge in [-0.3, -0.25) is 0 Å². The SMILES string of the molecule is CCCNC(=O)NCCCCc1cccc(Cl)c1. The lowest BCUT2D eigenvalue weighted by Gasteiger charge is -2.06. The fourth-order valence-electron chi connectivity index (χ4n) is 1.65. The molecule has 1 rings (SSSR count). The Morgan fingerprint density at radius 3 is 2.72 bits per heavy atom. The molecule has 0 spiro atoms. The monoisotopic (exact) mass is 268 g/mol. The van der Waals surface area contributed by atoms with Crippen LogP contribution in [0.25, 0.3) is 0 Å². The number of aryl methyl sites for hydroxylation is 1. The maximum Gasteiger partial charge on any atom is 0.314 e. The number of carbonyl (C=O) groups is 1. The first-order valence-corrected chi connectivity index (χ1v) is 6.86. The molecule has 0 bridgehead atoms. The topological polar surface area (TPSA) is 41.1 Å². The Bertz CT molecular complexity index is 369. The van der Waals surface area contributed by atoms with Crippen molar-refractivity contribution in [1.29, 1.82) is 0 Å². The van der Waals surface area contributed by atoms with Gasteiger partial charge in [0.25, 0.3) is 0 Å². The highest BCUT2D eigenvalue weighted by Gasteiger charge is 1.98. The molecule has 2 amide bonds. The molecule has 18 heavy (non-hydrogen) atoms. The fraction of sp³-hybridized carbons (Fsp3) is 0.500. The Labute approximate surface area is 114 Å². The van der Waals surface area contributed by atoms with Crippen molar-refractivity contribution in [1.82, 2.24) is 10.6 Å². The quantitative estimate of drug-likeness (QED) is 0.732. The molecule has 0 aliphatic carbocycles. The molecule has 1 aromatic rings. The van der Waals surface area contributed by atoms with Gasteiger partial charge in [0.15, 0.2) is 0 Å². The fourth-order valence-corrected chi connectivity index (χ4v) is 1.86. The molecule has 0 aromatic heterocycles. The van der Waals surface area contributed by atoms with Gasteiger partial charge >= 0.3 is 6.03 Å². The highest BCUT2D eigenvalue weighted by molar-refractivity contribution is 6.30. The van der Waals surface area contributed by atoms with E-state index in [9.17, 15) is 4.79 Å². The minimum atomic E-state index is -0.0698. The summed E-state index contributed by atoms with van der Waals surface area (Å²) in [5.41, 5.74) is 1.25. The summed E-state index contributed by atoms with van der Waals surface area (Å²) in [6.45, 7) is 3.48. The summed E-state index contributed by atoms with van der Waals surface area (Å²) < 4.78 is 0. The van der Waals surface area contributed by atoms with E-state index in [1.807, 2.05) is 25.1 Å². The molecule has 1 aromatic carbocycles. The molecule has 0 heterocycles. The van der Waals surface area contributed by atoms with Crippen molar-refractivity contribution < 1.29 is 4.79 Å². The van der Waals surface area contributed by atoms with Crippen molar-refractivity contribution in [2.75, 3.05) is 13.1 Å². The average molecular weight is 269 g/mol. The van der Waals surface area contributed by atoms with Crippen molar-refractivity contribution >= 4 is 17.6 Å². The Hall–Kier alpha value is -1.22. The van der Waals surface area contributed by atoms with Crippen LogP contribution in [0.4, 0.5) is 4.79 Å². The Kier molecular flexibility index (Phi) is 7.26. The highest BCUT2D eigenvalue weighted by atomic mass is 35.5. The van der Waals surface area contributed by atoms with Crippen LogP contribution in [0.2, 0.25) is 5.02 Å². The lowest BCUT2D eigenvalue weighted by molar-refractivity contribution is 0.240. The number of hydrogen-bond acceptors (Lipinski definition) is 1. The van der Waals surface area contributed by atoms with Crippen LogP contribution in [0.5, 0.6) is 0 Å². The molecule has 3 nitrogen and oxygen atoms in total. The van der Waals surface area contributed by atoms with Crippen LogP contribution in [-0.2, 0) is 6.42 Å². The van der Waals surface area contributed by atoms with E-state index in [0.29, 0.717) is 0 Å². The second-order valence-corrected chi connectivity index (χ2v) is 4.71. The first kappa shape index (κ1) is 14.8. The summed E-state index contributed by atoms with van der Waals surface area (Å²) >= 11 is 5.91. The average Bonchev–Trinajstić information content (AvgIpc) is 2.36. The van der Waals surface area contributed by atoms with Crippen LogP contribution in [0, 0.1) is 0 Å². The van der Waals surface area contributed by atoms with E-state index in [1.54, 1.807) is 0 Å². The maximum atomic E-state index is 11.2. The first-order chi connectivity index (χ1) is 8.72. The zero-order chi connectivity index (χ0) is 13.2. The number of amides is 2. The van der Waals surface area contributed by atoms with Crippen LogP contribution in [0.1, 0.15) is 31.7 Å². The van der Waals surface area contributed by atoms with Gasteiger partial charge in [-0.25, -0.2) is 4.79 Å². The summed E-state index contributed by atoms with van der Waals surface area (Å²) in [6.07, 6.45) is 3.99. The van der Waals surface area contributed by atoms with Crippen LogP contribution in [-0.4, -0.2) is 19.1 Å². The summed E-state index contributed by atoms with van der Waals surface area (Å²) in [5, 5.41) is 6.40. The highest BCUT2D eigenvalue weighted by Crippen LogP contribution is 2.12. The minimum absolute atomic E-state index is 0.0698. The third kappa shape index (κ3) is 6.50. The Morgan fingerprint density at radius 2 is 2.00 bits per heavy atom. The zero-order valence-electron chi connectivity index (χ0n) is 10.8. The number of rotatable bonds is 7. The Balaban J connectivity index is 2.07. The number of carbonyl (C=O) groups excluding carboxylic acids is 1. The molecule has 100 valence electrons. The second-order valence-electron chi connectivity index (χ2n) is 4.27. The number of benzene rings is 1. The predicted octanol–water partition coefficient (Wildman–Crippen LogP) is 3.37. The van der Waals surface area contributed by atoms with Gasteiger partial charge in [0, 0.05) is 18.1 Å². The van der Waals surface area contributed by atoms with E-state index in [-0.39, 0.29) is 6.03 Å². The maximum absolute atomic E-state index is 11.2. The van der Waals surface area contributed by atoms with Gasteiger partial charge in [0.1, 0.15) is 0 Å². The number of unbranched alkanes of at least 4 members (excludes halogenated alkanes) is 1. The molecule has 0 fully saturated rings. The molecular weight excluding hydrogens is 248 g/mol. The third-order valence-electron chi connectivity index (χ3n) is 2.60. The largest absolute Gasteiger partial charge is 0.338 e.